The Morgan fingerprint density at radius 2 is 1.89 bits per heavy atom. The van der Waals surface area contributed by atoms with Crippen LogP contribution in [0.2, 0.25) is 0 Å². The Morgan fingerprint density at radius 1 is 1.28 bits per heavy atom. The Labute approximate surface area is 105 Å². The van der Waals surface area contributed by atoms with Gasteiger partial charge in [0.15, 0.2) is 0 Å². The van der Waals surface area contributed by atoms with Crippen LogP contribution in [-0.2, 0) is 0 Å². The van der Waals surface area contributed by atoms with Gasteiger partial charge in [-0.15, -0.1) is 0 Å². The van der Waals surface area contributed by atoms with Crippen molar-refractivity contribution in [1.82, 2.24) is 9.78 Å². The quantitative estimate of drug-likeness (QED) is 0.754. The van der Waals surface area contributed by atoms with E-state index in [0.29, 0.717) is 5.35 Å². The van der Waals surface area contributed by atoms with Gasteiger partial charge in [-0.05, 0) is 32.9 Å². The van der Waals surface area contributed by atoms with Gasteiger partial charge in [-0.25, -0.2) is 13.5 Å². The summed E-state index contributed by atoms with van der Waals surface area (Å²) in [5.41, 5.74) is 1.17. The molecule has 0 aliphatic carbocycles. The molecule has 1 rings (SSSR count). The van der Waals surface area contributed by atoms with Crippen LogP contribution in [0.4, 0.5) is 8.78 Å². The fourth-order valence-corrected chi connectivity index (χ4v) is 1.50. The number of rotatable bonds is 3. The molecule has 0 bridgehead atoms. The second kappa shape index (κ2) is 5.58. The minimum absolute atomic E-state index is 0.145. The molecule has 0 aliphatic rings. The van der Waals surface area contributed by atoms with E-state index in [0.717, 1.165) is 16.9 Å². The summed E-state index contributed by atoms with van der Waals surface area (Å²) in [5.74, 6) is -1.12. The van der Waals surface area contributed by atoms with E-state index in [4.69, 9.17) is 0 Å². The first-order valence-corrected chi connectivity index (χ1v) is 5.44. The van der Waals surface area contributed by atoms with Gasteiger partial charge in [-0.2, -0.15) is 5.10 Å². The summed E-state index contributed by atoms with van der Waals surface area (Å²) in [7, 11) is 0. The van der Waals surface area contributed by atoms with Crippen LogP contribution in [0.5, 0.6) is 0 Å². The van der Waals surface area contributed by atoms with Gasteiger partial charge in [-0.3, -0.25) is 0 Å². The van der Waals surface area contributed by atoms with Gasteiger partial charge in [0.25, 0.3) is 0 Å². The second-order valence-electron chi connectivity index (χ2n) is 4.12. The molecule has 0 fully saturated rings. The lowest BCUT2D eigenvalue weighted by atomic mass is 10.2. The van der Waals surface area contributed by atoms with Gasteiger partial charge >= 0.3 is 0 Å². The fraction of sp³-hybridized carbons (Fsp3) is 0.214. The summed E-state index contributed by atoms with van der Waals surface area (Å²) in [4.78, 5) is 0. The Balaban J connectivity index is 3.45. The first-order chi connectivity index (χ1) is 8.34. The highest BCUT2D eigenvalue weighted by molar-refractivity contribution is 5.59. The van der Waals surface area contributed by atoms with Crippen molar-refractivity contribution in [3.05, 3.63) is 47.1 Å². The number of allylic oxidation sites excluding steroid dienone is 5. The van der Waals surface area contributed by atoms with Crippen molar-refractivity contribution in [3.8, 4) is 0 Å². The van der Waals surface area contributed by atoms with Crippen molar-refractivity contribution in [1.29, 1.82) is 0 Å². The van der Waals surface area contributed by atoms with Crippen LogP contribution in [0, 0.1) is 0 Å². The Kier molecular flexibility index (Phi) is 4.37. The van der Waals surface area contributed by atoms with Gasteiger partial charge in [0.2, 0.25) is 0 Å². The highest BCUT2D eigenvalue weighted by atomic mass is 19.1. The lowest BCUT2D eigenvalue weighted by Crippen LogP contribution is -2.28. The molecule has 0 spiro atoms. The predicted octanol–water partition coefficient (Wildman–Crippen LogP) is 2.68. The molecule has 0 saturated heterocycles. The van der Waals surface area contributed by atoms with E-state index in [9.17, 15) is 8.78 Å². The minimum atomic E-state index is -0.648. The molecule has 0 atom stereocenters. The molecule has 1 aromatic rings. The smallest absolute Gasteiger partial charge is 0.122 e. The maximum atomic E-state index is 13.5. The van der Waals surface area contributed by atoms with Crippen molar-refractivity contribution in [3.63, 3.8) is 0 Å². The van der Waals surface area contributed by atoms with Crippen LogP contribution in [0.15, 0.2) is 36.6 Å². The number of nitrogens with zero attached hydrogens (tertiary/aromatic N) is 2. The van der Waals surface area contributed by atoms with E-state index in [1.807, 2.05) is 13.8 Å². The largest absolute Gasteiger partial charge is 0.231 e. The second-order valence-corrected chi connectivity index (χ2v) is 4.12. The summed E-state index contributed by atoms with van der Waals surface area (Å²) in [6, 6.07) is 0. The highest BCUT2D eigenvalue weighted by Crippen LogP contribution is 2.11. The van der Waals surface area contributed by atoms with E-state index in [-0.39, 0.29) is 5.70 Å². The zero-order valence-corrected chi connectivity index (χ0v) is 10.8. The van der Waals surface area contributed by atoms with E-state index in [2.05, 4.69) is 18.3 Å². The lowest BCUT2D eigenvalue weighted by molar-refractivity contribution is 0.632. The number of hydrogen-bond donors (Lipinski definition) is 0. The van der Waals surface area contributed by atoms with Gasteiger partial charge in [-0.1, -0.05) is 18.7 Å². The Hall–Kier alpha value is -1.97. The summed E-state index contributed by atoms with van der Waals surface area (Å²) in [5, 5.41) is 5.48. The SMILES string of the molecule is C=C(F)/C=C\C(=C(/C)F)n1ncc(=C(C)C)c1=C. The zero-order chi connectivity index (χ0) is 13.9. The van der Waals surface area contributed by atoms with Gasteiger partial charge < -0.3 is 0 Å². The summed E-state index contributed by atoms with van der Waals surface area (Å²) in [6.07, 6.45) is 3.98. The first-order valence-electron chi connectivity index (χ1n) is 5.44. The van der Waals surface area contributed by atoms with Crippen LogP contribution < -0.4 is 10.6 Å². The van der Waals surface area contributed by atoms with E-state index in [1.165, 1.54) is 17.7 Å². The molecule has 0 aromatic carbocycles. The normalized spacial score (nSPS) is 12.7. The average molecular weight is 250 g/mol. The van der Waals surface area contributed by atoms with Gasteiger partial charge in [0.05, 0.1) is 17.2 Å². The minimum Gasteiger partial charge on any atom is -0.231 e. The third-order valence-corrected chi connectivity index (χ3v) is 2.41. The Bertz CT molecular complexity index is 625. The summed E-state index contributed by atoms with van der Waals surface area (Å²) >= 11 is 0. The van der Waals surface area contributed by atoms with E-state index >= 15 is 0 Å². The molecule has 0 unspecified atom stereocenters. The summed E-state index contributed by atoms with van der Waals surface area (Å²) < 4.78 is 27.4. The van der Waals surface area contributed by atoms with Crippen molar-refractivity contribution in [2.45, 2.75) is 20.8 Å². The third-order valence-electron chi connectivity index (χ3n) is 2.41. The number of aromatic nitrogens is 2. The van der Waals surface area contributed by atoms with Gasteiger partial charge in [0, 0.05) is 5.22 Å². The molecule has 1 aromatic heterocycles. The highest BCUT2D eigenvalue weighted by Gasteiger charge is 2.05. The lowest BCUT2D eigenvalue weighted by Gasteiger charge is -2.03. The van der Waals surface area contributed by atoms with Gasteiger partial charge in [0.1, 0.15) is 11.7 Å². The topological polar surface area (TPSA) is 17.8 Å². The van der Waals surface area contributed by atoms with Crippen LogP contribution in [0.1, 0.15) is 20.8 Å². The molecule has 2 nitrogen and oxygen atoms in total. The van der Waals surface area contributed by atoms with E-state index in [1.54, 1.807) is 6.20 Å². The molecule has 96 valence electrons. The fourth-order valence-electron chi connectivity index (χ4n) is 1.50. The first kappa shape index (κ1) is 14.1. The molecule has 0 radical (unpaired) electrons. The van der Waals surface area contributed by atoms with Crippen molar-refractivity contribution in [2.24, 2.45) is 0 Å². The molecule has 0 aliphatic heterocycles. The van der Waals surface area contributed by atoms with Crippen molar-refractivity contribution in [2.75, 3.05) is 0 Å². The Morgan fingerprint density at radius 3 is 2.28 bits per heavy atom. The van der Waals surface area contributed by atoms with Crippen molar-refractivity contribution < 1.29 is 8.78 Å². The third kappa shape index (κ3) is 3.03. The molecule has 0 saturated carbocycles. The molecular formula is C14H16F2N2. The molecule has 0 amide bonds. The van der Waals surface area contributed by atoms with E-state index < -0.39 is 11.7 Å². The number of hydrogen-bond acceptors (Lipinski definition) is 1. The maximum absolute atomic E-state index is 13.5. The standard InChI is InChI=1S/C14H16F2N2/c1-9(2)13-8-17-18(12(13)5)14(11(4)16)7-6-10(3)15/h6-8H,3,5H2,1-2,4H3/b7-6-,14-11-. The molecule has 18 heavy (non-hydrogen) atoms. The summed E-state index contributed by atoms with van der Waals surface area (Å²) in [6.45, 7) is 12.1. The molecule has 4 heteroatoms. The van der Waals surface area contributed by atoms with Crippen LogP contribution in [-0.4, -0.2) is 9.78 Å². The number of halogens is 2. The zero-order valence-electron chi connectivity index (χ0n) is 10.8. The molecule has 1 heterocycles. The van der Waals surface area contributed by atoms with Crippen LogP contribution >= 0.6 is 0 Å². The van der Waals surface area contributed by atoms with Crippen molar-refractivity contribution >= 4 is 17.8 Å². The monoisotopic (exact) mass is 250 g/mol. The maximum Gasteiger partial charge on any atom is 0.122 e. The molecular weight excluding hydrogens is 234 g/mol. The van der Waals surface area contributed by atoms with Crippen LogP contribution in [0.3, 0.4) is 0 Å². The molecule has 0 N–H and O–H groups in total. The predicted molar refractivity (Wildman–Crippen MR) is 71.1 cm³/mol. The average Bonchev–Trinajstić information content (AvgIpc) is 2.60. The van der Waals surface area contributed by atoms with Crippen LogP contribution in [0.25, 0.3) is 17.8 Å².